The number of aromatic amines is 1. The van der Waals surface area contributed by atoms with Crippen molar-refractivity contribution in [1.29, 1.82) is 0 Å². The maximum atomic E-state index is 13.0. The molecule has 0 aliphatic carbocycles. The number of rotatable bonds is 4. The van der Waals surface area contributed by atoms with Crippen LogP contribution in [0.25, 0.3) is 11.6 Å². The summed E-state index contributed by atoms with van der Waals surface area (Å²) < 4.78 is 0. The van der Waals surface area contributed by atoms with E-state index in [1.165, 1.54) is 0 Å². The number of fused-ring (bicyclic) bond motifs is 1. The number of aryl methyl sites for hydroxylation is 1. The summed E-state index contributed by atoms with van der Waals surface area (Å²) in [6.45, 7) is 7.73. The molecule has 0 unspecified atom stereocenters. The Balaban J connectivity index is 1.67. The maximum Gasteiger partial charge on any atom is 0.256 e. The molecule has 0 saturated carbocycles. The second kappa shape index (κ2) is 7.47. The highest BCUT2D eigenvalue weighted by Gasteiger charge is 2.28. The minimum absolute atomic E-state index is 0.202. The molecule has 6 nitrogen and oxygen atoms in total. The lowest BCUT2D eigenvalue weighted by Crippen LogP contribution is -2.40. The van der Waals surface area contributed by atoms with E-state index in [0.29, 0.717) is 28.1 Å². The molecule has 0 atom stereocenters. The lowest BCUT2D eigenvalue weighted by Gasteiger charge is -2.27. The van der Waals surface area contributed by atoms with Gasteiger partial charge in [0.05, 0.1) is 16.8 Å². The summed E-state index contributed by atoms with van der Waals surface area (Å²) in [5.74, 6) is -0.408. The minimum Gasteiger partial charge on any atom is -0.397 e. The molecule has 1 aliphatic rings. The number of H-pyrrole nitrogens is 1. The third-order valence-electron chi connectivity index (χ3n) is 5.81. The molecule has 4 rings (SSSR count). The Morgan fingerprint density at radius 2 is 1.81 bits per heavy atom. The van der Waals surface area contributed by atoms with Crippen LogP contribution in [0, 0.1) is 13.8 Å². The molecule has 0 radical (unpaired) electrons. The van der Waals surface area contributed by atoms with E-state index in [1.807, 2.05) is 58.0 Å². The van der Waals surface area contributed by atoms with Gasteiger partial charge in [-0.05, 0) is 63.1 Å². The second-order valence-electron chi connectivity index (χ2n) is 8.42. The molecule has 0 spiro atoms. The van der Waals surface area contributed by atoms with E-state index in [2.05, 4.69) is 15.6 Å². The van der Waals surface area contributed by atoms with Crippen LogP contribution in [0.4, 0.5) is 11.4 Å². The molecule has 0 bridgehead atoms. The van der Waals surface area contributed by atoms with Crippen LogP contribution in [0.15, 0.2) is 48.5 Å². The number of carbonyl (C=O) groups is 2. The van der Waals surface area contributed by atoms with Gasteiger partial charge in [-0.15, -0.1) is 0 Å². The van der Waals surface area contributed by atoms with E-state index in [0.717, 1.165) is 22.5 Å². The van der Waals surface area contributed by atoms with E-state index >= 15 is 0 Å². The maximum absolute atomic E-state index is 13.0. The van der Waals surface area contributed by atoms with Crippen molar-refractivity contribution in [2.45, 2.75) is 33.2 Å². The van der Waals surface area contributed by atoms with Crippen LogP contribution in [-0.2, 0) is 10.3 Å². The van der Waals surface area contributed by atoms with Crippen LogP contribution in [0.2, 0.25) is 0 Å². The second-order valence-corrected chi connectivity index (χ2v) is 8.42. The number of carbonyl (C=O) groups excluding carboxylic acids is 2. The number of hydrogen-bond donors (Lipinski definition) is 4. The Hall–Kier alpha value is -3.80. The summed E-state index contributed by atoms with van der Waals surface area (Å²) >= 11 is 0. The van der Waals surface area contributed by atoms with Gasteiger partial charge in [-0.25, -0.2) is 0 Å². The summed E-state index contributed by atoms with van der Waals surface area (Å²) in [6.07, 6.45) is 1.79. The third-order valence-corrected chi connectivity index (χ3v) is 5.81. The van der Waals surface area contributed by atoms with Crippen LogP contribution in [0.5, 0.6) is 0 Å². The Morgan fingerprint density at radius 1 is 1.10 bits per heavy atom. The summed E-state index contributed by atoms with van der Waals surface area (Å²) in [4.78, 5) is 28.8. The Labute approximate surface area is 181 Å². The fraction of sp³-hybridized carbons (Fsp3) is 0.200. The van der Waals surface area contributed by atoms with Gasteiger partial charge >= 0.3 is 0 Å². The van der Waals surface area contributed by atoms with Gasteiger partial charge in [0.25, 0.3) is 11.8 Å². The molecule has 158 valence electrons. The number of anilines is 2. The molecule has 1 aliphatic heterocycles. The first-order valence-corrected chi connectivity index (χ1v) is 10.2. The van der Waals surface area contributed by atoms with Crippen LogP contribution in [0.3, 0.4) is 0 Å². The lowest BCUT2D eigenvalue weighted by atomic mass is 9.93. The van der Waals surface area contributed by atoms with Crippen LogP contribution >= 0.6 is 0 Å². The fourth-order valence-electron chi connectivity index (χ4n) is 3.83. The van der Waals surface area contributed by atoms with Crippen molar-refractivity contribution < 1.29 is 9.59 Å². The molecule has 6 heteroatoms. The van der Waals surface area contributed by atoms with Crippen LogP contribution in [-0.4, -0.2) is 16.8 Å². The lowest BCUT2D eigenvalue weighted by molar-refractivity contribution is -0.110. The third kappa shape index (κ3) is 3.72. The molecule has 2 heterocycles. The Bertz CT molecular complexity index is 1220. The standard InChI is InChI=1S/C25H26N4O2/c1-14-21(27-15(2)22(14)26)13-19-18-12-16(10-11-20(18)28-24(19)31)23(30)29-25(3,4)17-8-6-5-7-9-17/h5-13,27H,26H2,1-4H3,(H,28,31)(H,29,30)/b19-13-. The fourth-order valence-corrected chi connectivity index (χ4v) is 3.83. The van der Waals surface area contributed by atoms with Crippen molar-refractivity contribution in [3.63, 3.8) is 0 Å². The summed E-state index contributed by atoms with van der Waals surface area (Å²) in [5.41, 5.74) is 12.1. The van der Waals surface area contributed by atoms with E-state index in [1.54, 1.807) is 24.3 Å². The highest BCUT2D eigenvalue weighted by Crippen LogP contribution is 2.35. The zero-order valence-electron chi connectivity index (χ0n) is 18.1. The minimum atomic E-state index is -0.541. The zero-order chi connectivity index (χ0) is 22.3. The van der Waals surface area contributed by atoms with Gasteiger partial charge in [0.1, 0.15) is 0 Å². The topological polar surface area (TPSA) is 100 Å². The molecule has 2 aromatic carbocycles. The first kappa shape index (κ1) is 20.5. The van der Waals surface area contributed by atoms with Gasteiger partial charge < -0.3 is 21.4 Å². The van der Waals surface area contributed by atoms with Gasteiger partial charge in [0, 0.05) is 28.2 Å². The van der Waals surface area contributed by atoms with Crippen molar-refractivity contribution >= 4 is 34.8 Å². The quantitative estimate of drug-likeness (QED) is 0.477. The molecule has 1 aromatic heterocycles. The normalized spacial score (nSPS) is 14.5. The number of aromatic nitrogens is 1. The first-order valence-electron chi connectivity index (χ1n) is 10.2. The number of nitrogens with two attached hydrogens (primary N) is 1. The van der Waals surface area contributed by atoms with Crippen molar-refractivity contribution in [3.05, 3.63) is 82.2 Å². The van der Waals surface area contributed by atoms with E-state index < -0.39 is 5.54 Å². The number of amides is 2. The van der Waals surface area contributed by atoms with Crippen molar-refractivity contribution in [3.8, 4) is 0 Å². The molecular formula is C25H26N4O2. The summed E-state index contributed by atoms with van der Waals surface area (Å²) in [7, 11) is 0. The van der Waals surface area contributed by atoms with Gasteiger partial charge in [-0.2, -0.15) is 0 Å². The molecule has 31 heavy (non-hydrogen) atoms. The van der Waals surface area contributed by atoms with Gasteiger partial charge in [0.2, 0.25) is 0 Å². The molecule has 2 amide bonds. The number of benzene rings is 2. The SMILES string of the molecule is Cc1[nH]c(/C=C2\C(=O)Nc3ccc(C(=O)NC(C)(C)c4ccccc4)cc32)c(C)c1N. The highest BCUT2D eigenvalue weighted by atomic mass is 16.2. The van der Waals surface area contributed by atoms with E-state index in [-0.39, 0.29) is 11.8 Å². The van der Waals surface area contributed by atoms with Gasteiger partial charge in [-0.3, -0.25) is 9.59 Å². The smallest absolute Gasteiger partial charge is 0.256 e. The zero-order valence-corrected chi connectivity index (χ0v) is 18.1. The van der Waals surface area contributed by atoms with E-state index in [9.17, 15) is 9.59 Å². The van der Waals surface area contributed by atoms with Gasteiger partial charge in [-0.1, -0.05) is 30.3 Å². The average molecular weight is 415 g/mol. The summed E-state index contributed by atoms with van der Waals surface area (Å²) in [5, 5.41) is 5.95. The van der Waals surface area contributed by atoms with Crippen molar-refractivity contribution in [2.75, 3.05) is 11.1 Å². The van der Waals surface area contributed by atoms with Crippen LogP contribution < -0.4 is 16.4 Å². The van der Waals surface area contributed by atoms with E-state index in [4.69, 9.17) is 5.73 Å². The Morgan fingerprint density at radius 3 is 2.45 bits per heavy atom. The molecular weight excluding hydrogens is 388 g/mol. The van der Waals surface area contributed by atoms with Crippen molar-refractivity contribution in [1.82, 2.24) is 10.3 Å². The number of nitrogen functional groups attached to an aromatic ring is 1. The summed E-state index contributed by atoms with van der Waals surface area (Å²) in [6, 6.07) is 15.1. The largest absolute Gasteiger partial charge is 0.397 e. The Kier molecular flexibility index (Phi) is 4.93. The molecule has 0 saturated heterocycles. The first-order chi connectivity index (χ1) is 14.7. The monoisotopic (exact) mass is 414 g/mol. The predicted molar refractivity (Wildman–Crippen MR) is 125 cm³/mol. The number of hydrogen-bond acceptors (Lipinski definition) is 3. The molecule has 5 N–H and O–H groups in total. The number of nitrogens with one attached hydrogen (secondary N) is 3. The predicted octanol–water partition coefficient (Wildman–Crippen LogP) is 4.37. The molecule has 3 aromatic rings. The van der Waals surface area contributed by atoms with Gasteiger partial charge in [0.15, 0.2) is 0 Å². The van der Waals surface area contributed by atoms with Crippen molar-refractivity contribution in [2.24, 2.45) is 0 Å². The highest BCUT2D eigenvalue weighted by molar-refractivity contribution is 6.35. The van der Waals surface area contributed by atoms with Crippen LogP contribution in [0.1, 0.15) is 52.3 Å². The molecule has 0 fully saturated rings. The average Bonchev–Trinajstić information content (AvgIpc) is 3.18.